The molecule has 0 aliphatic carbocycles. The van der Waals surface area contributed by atoms with Crippen molar-refractivity contribution in [2.75, 3.05) is 53.0 Å². The molecule has 1 aromatic rings. The lowest BCUT2D eigenvalue weighted by Crippen LogP contribution is -2.44. The molecule has 0 radical (unpaired) electrons. The number of nitrogens with zero attached hydrogens (tertiary/aromatic N) is 3. The third-order valence-corrected chi connectivity index (χ3v) is 5.44. The number of methoxy groups -OCH3 is 1. The van der Waals surface area contributed by atoms with Gasteiger partial charge in [-0.05, 0) is 56.8 Å². The van der Waals surface area contributed by atoms with Gasteiger partial charge in [-0.15, -0.1) is 0 Å². The van der Waals surface area contributed by atoms with Crippen molar-refractivity contribution in [1.82, 2.24) is 14.8 Å². The van der Waals surface area contributed by atoms with Gasteiger partial charge in [-0.1, -0.05) is 0 Å². The van der Waals surface area contributed by atoms with Crippen LogP contribution in [0.5, 0.6) is 0 Å². The molecule has 0 saturated carbocycles. The van der Waals surface area contributed by atoms with Gasteiger partial charge in [0.25, 0.3) is 5.91 Å². The summed E-state index contributed by atoms with van der Waals surface area (Å²) in [6, 6.07) is 3.68. The maximum atomic E-state index is 13.0. The normalized spacial score (nSPS) is 21.8. The minimum Gasteiger partial charge on any atom is -0.383 e. The van der Waals surface area contributed by atoms with Gasteiger partial charge in [0.15, 0.2) is 0 Å². The summed E-state index contributed by atoms with van der Waals surface area (Å²) >= 11 is 0. The molecule has 6 heteroatoms. The maximum absolute atomic E-state index is 13.0. The Morgan fingerprint density at radius 1 is 1.35 bits per heavy atom. The molecule has 0 spiro atoms. The van der Waals surface area contributed by atoms with Gasteiger partial charge in [-0.3, -0.25) is 9.78 Å². The van der Waals surface area contributed by atoms with E-state index in [-0.39, 0.29) is 12.0 Å². The largest absolute Gasteiger partial charge is 0.383 e. The zero-order chi connectivity index (χ0) is 18.2. The number of amides is 1. The van der Waals surface area contributed by atoms with Gasteiger partial charge < -0.3 is 19.3 Å². The van der Waals surface area contributed by atoms with E-state index in [0.29, 0.717) is 18.0 Å². The zero-order valence-corrected chi connectivity index (χ0v) is 15.8. The second-order valence-corrected chi connectivity index (χ2v) is 7.36. The molecule has 0 aromatic carbocycles. The lowest BCUT2D eigenvalue weighted by molar-refractivity contribution is 0.0436. The van der Waals surface area contributed by atoms with Crippen LogP contribution in [0.4, 0.5) is 0 Å². The third kappa shape index (κ3) is 5.50. The maximum Gasteiger partial charge on any atom is 0.255 e. The van der Waals surface area contributed by atoms with E-state index in [4.69, 9.17) is 9.47 Å². The molecule has 2 fully saturated rings. The van der Waals surface area contributed by atoms with Crippen molar-refractivity contribution in [2.24, 2.45) is 5.92 Å². The van der Waals surface area contributed by atoms with Gasteiger partial charge in [0.2, 0.25) is 0 Å². The lowest BCUT2D eigenvalue weighted by atomic mass is 9.95. The third-order valence-electron chi connectivity index (χ3n) is 5.44. The fourth-order valence-corrected chi connectivity index (χ4v) is 3.87. The number of ether oxygens (including phenoxy) is 2. The smallest absolute Gasteiger partial charge is 0.255 e. The number of likely N-dealkylation sites (tertiary alicyclic amines) is 1. The summed E-state index contributed by atoms with van der Waals surface area (Å²) in [4.78, 5) is 21.6. The molecule has 6 nitrogen and oxygen atoms in total. The van der Waals surface area contributed by atoms with E-state index in [1.807, 2.05) is 17.0 Å². The summed E-state index contributed by atoms with van der Waals surface area (Å²) in [5.74, 6) is 0.631. The highest BCUT2D eigenvalue weighted by atomic mass is 16.5. The fraction of sp³-hybridized carbons (Fsp3) is 0.700. The molecule has 2 aliphatic rings. The Hall–Kier alpha value is -1.50. The quantitative estimate of drug-likeness (QED) is 0.709. The first-order valence-corrected chi connectivity index (χ1v) is 9.78. The number of aromatic nitrogens is 1. The minimum atomic E-state index is 0.0791. The Labute approximate surface area is 156 Å². The lowest BCUT2D eigenvalue weighted by Gasteiger charge is -2.35. The van der Waals surface area contributed by atoms with Gasteiger partial charge in [0.05, 0.1) is 18.3 Å². The molecule has 1 aromatic heterocycles. The first kappa shape index (κ1) is 19.3. The molecule has 3 heterocycles. The molecule has 1 unspecified atom stereocenters. The van der Waals surface area contributed by atoms with Crippen LogP contribution in [0.3, 0.4) is 0 Å². The van der Waals surface area contributed by atoms with Crippen LogP contribution in [0.25, 0.3) is 0 Å². The number of rotatable bonds is 8. The van der Waals surface area contributed by atoms with Gasteiger partial charge in [0, 0.05) is 45.7 Å². The molecule has 1 atom stereocenters. The number of pyridine rings is 1. The highest BCUT2D eigenvalue weighted by Gasteiger charge is 2.27. The van der Waals surface area contributed by atoms with Crippen molar-refractivity contribution < 1.29 is 14.3 Å². The second kappa shape index (κ2) is 10.00. The predicted octanol–water partition coefficient (Wildman–Crippen LogP) is 2.06. The number of piperidine rings is 1. The highest BCUT2D eigenvalue weighted by molar-refractivity contribution is 5.93. The first-order chi connectivity index (χ1) is 12.8. The summed E-state index contributed by atoms with van der Waals surface area (Å²) in [6.07, 6.45) is 7.95. The summed E-state index contributed by atoms with van der Waals surface area (Å²) in [5.41, 5.74) is 0.669. The van der Waals surface area contributed by atoms with E-state index < -0.39 is 0 Å². The Morgan fingerprint density at radius 2 is 2.19 bits per heavy atom. The summed E-state index contributed by atoms with van der Waals surface area (Å²) < 4.78 is 11.0. The van der Waals surface area contributed by atoms with Crippen molar-refractivity contribution in [3.05, 3.63) is 30.1 Å². The molecule has 2 saturated heterocycles. The van der Waals surface area contributed by atoms with E-state index in [9.17, 15) is 4.79 Å². The predicted molar refractivity (Wildman–Crippen MR) is 100 cm³/mol. The van der Waals surface area contributed by atoms with E-state index in [0.717, 1.165) is 65.1 Å². The van der Waals surface area contributed by atoms with Gasteiger partial charge in [-0.25, -0.2) is 0 Å². The molecule has 144 valence electrons. The van der Waals surface area contributed by atoms with Crippen molar-refractivity contribution in [3.63, 3.8) is 0 Å². The molecule has 26 heavy (non-hydrogen) atoms. The van der Waals surface area contributed by atoms with E-state index >= 15 is 0 Å². The number of carbonyl (C=O) groups is 1. The number of hydrogen-bond donors (Lipinski definition) is 0. The topological polar surface area (TPSA) is 54.9 Å². The summed E-state index contributed by atoms with van der Waals surface area (Å²) in [5, 5.41) is 0. The monoisotopic (exact) mass is 361 g/mol. The van der Waals surface area contributed by atoms with Crippen LogP contribution in [0.1, 0.15) is 36.0 Å². The average molecular weight is 361 g/mol. The molecule has 0 bridgehead atoms. The molecular formula is C20H31N3O3. The standard InChI is InChI=1S/C20H31N3O3/c1-25-13-11-22-9-6-17(7-10-22)15-23(16-19-5-3-12-26-19)20(24)18-4-2-8-21-14-18/h2,4,8,14,17,19H,3,5-7,9-13,15-16H2,1H3. The minimum absolute atomic E-state index is 0.0791. The van der Waals surface area contributed by atoms with Gasteiger partial charge in [0.1, 0.15) is 0 Å². The Bertz CT molecular complexity index is 540. The number of hydrogen-bond acceptors (Lipinski definition) is 5. The van der Waals surface area contributed by atoms with Crippen LogP contribution < -0.4 is 0 Å². The van der Waals surface area contributed by atoms with E-state index in [1.165, 1.54) is 0 Å². The van der Waals surface area contributed by atoms with Crippen LogP contribution >= 0.6 is 0 Å². The van der Waals surface area contributed by atoms with E-state index in [1.54, 1.807) is 19.5 Å². The van der Waals surface area contributed by atoms with Crippen LogP contribution in [-0.4, -0.2) is 79.8 Å². The molecular weight excluding hydrogens is 330 g/mol. The Balaban J connectivity index is 1.58. The van der Waals surface area contributed by atoms with E-state index in [2.05, 4.69) is 9.88 Å². The molecule has 3 rings (SSSR count). The average Bonchev–Trinajstić information content (AvgIpc) is 3.20. The zero-order valence-electron chi connectivity index (χ0n) is 15.8. The second-order valence-electron chi connectivity index (χ2n) is 7.36. The molecule has 1 amide bonds. The summed E-state index contributed by atoms with van der Waals surface area (Å²) in [6.45, 7) is 6.28. The Morgan fingerprint density at radius 3 is 2.85 bits per heavy atom. The van der Waals surface area contributed by atoms with Crippen molar-refractivity contribution >= 4 is 5.91 Å². The van der Waals surface area contributed by atoms with Crippen LogP contribution in [0.15, 0.2) is 24.5 Å². The van der Waals surface area contributed by atoms with Crippen LogP contribution in [-0.2, 0) is 9.47 Å². The van der Waals surface area contributed by atoms with Gasteiger partial charge in [-0.2, -0.15) is 0 Å². The first-order valence-electron chi connectivity index (χ1n) is 9.78. The highest BCUT2D eigenvalue weighted by Crippen LogP contribution is 2.21. The summed E-state index contributed by atoms with van der Waals surface area (Å²) in [7, 11) is 1.75. The SMILES string of the molecule is COCCN1CCC(CN(CC2CCCO2)C(=O)c2cccnc2)CC1. The number of carbonyl (C=O) groups excluding carboxylic acids is 1. The Kier molecular flexibility index (Phi) is 7.41. The fourth-order valence-electron chi connectivity index (χ4n) is 3.87. The van der Waals surface area contributed by atoms with Crippen LogP contribution in [0, 0.1) is 5.92 Å². The van der Waals surface area contributed by atoms with Gasteiger partial charge >= 0.3 is 0 Å². The van der Waals surface area contributed by atoms with Crippen LogP contribution in [0.2, 0.25) is 0 Å². The van der Waals surface area contributed by atoms with Crippen molar-refractivity contribution in [2.45, 2.75) is 31.8 Å². The van der Waals surface area contributed by atoms with Crippen molar-refractivity contribution in [1.29, 1.82) is 0 Å². The molecule has 0 N–H and O–H groups in total. The van der Waals surface area contributed by atoms with Crippen molar-refractivity contribution in [3.8, 4) is 0 Å². The molecule has 2 aliphatic heterocycles.